The van der Waals surface area contributed by atoms with Crippen molar-refractivity contribution in [3.63, 3.8) is 0 Å². The topological polar surface area (TPSA) is 78.4 Å². The summed E-state index contributed by atoms with van der Waals surface area (Å²) in [6, 6.07) is 6.99. The molecular weight excluding hydrogens is 268 g/mol. The molecule has 0 saturated heterocycles. The van der Waals surface area contributed by atoms with E-state index in [0.717, 1.165) is 0 Å². The normalized spacial score (nSPS) is 12.0. The summed E-state index contributed by atoms with van der Waals surface area (Å²) in [7, 11) is 0. The maximum absolute atomic E-state index is 11.6. The van der Waals surface area contributed by atoms with Crippen LogP contribution in [0.25, 0.3) is 0 Å². The van der Waals surface area contributed by atoms with Crippen LogP contribution in [0, 0.1) is 5.92 Å². The Hall–Kier alpha value is -1.88. The number of hydrogen-bond donors (Lipinski definition) is 3. The van der Waals surface area contributed by atoms with Gasteiger partial charge in [-0.3, -0.25) is 9.59 Å². The third-order valence-corrected chi connectivity index (χ3v) is 2.84. The van der Waals surface area contributed by atoms with Gasteiger partial charge in [0.25, 0.3) is 0 Å². The summed E-state index contributed by atoms with van der Waals surface area (Å²) < 4.78 is 0. The van der Waals surface area contributed by atoms with Crippen LogP contribution in [0.2, 0.25) is 0 Å². The Morgan fingerprint density at radius 2 is 1.48 bits per heavy atom. The third-order valence-electron chi connectivity index (χ3n) is 2.84. The van der Waals surface area contributed by atoms with E-state index >= 15 is 0 Å². The van der Waals surface area contributed by atoms with E-state index < -0.39 is 6.10 Å². The van der Waals surface area contributed by atoms with Crippen LogP contribution < -0.4 is 10.6 Å². The molecule has 1 unspecified atom stereocenters. The highest BCUT2D eigenvalue weighted by Crippen LogP contribution is 2.15. The average Bonchev–Trinajstić information content (AvgIpc) is 2.37. The highest BCUT2D eigenvalue weighted by Gasteiger charge is 2.07. The Morgan fingerprint density at radius 1 is 1.00 bits per heavy atom. The largest absolute Gasteiger partial charge is 0.393 e. The van der Waals surface area contributed by atoms with Crippen LogP contribution in [-0.4, -0.2) is 23.0 Å². The van der Waals surface area contributed by atoms with Gasteiger partial charge < -0.3 is 15.7 Å². The van der Waals surface area contributed by atoms with E-state index in [4.69, 9.17) is 5.11 Å². The van der Waals surface area contributed by atoms with Gasteiger partial charge in [-0.1, -0.05) is 13.8 Å². The average molecular weight is 292 g/mol. The minimum Gasteiger partial charge on any atom is -0.393 e. The van der Waals surface area contributed by atoms with Crippen molar-refractivity contribution in [2.75, 3.05) is 10.6 Å². The molecule has 1 atom stereocenters. The van der Waals surface area contributed by atoms with Gasteiger partial charge in [-0.15, -0.1) is 0 Å². The second-order valence-electron chi connectivity index (χ2n) is 5.66. The SMILES string of the molecule is CC(C)CC(=O)Nc1ccc(NC(=O)CCC(C)O)cc1. The van der Waals surface area contributed by atoms with Crippen molar-refractivity contribution in [1.29, 1.82) is 0 Å². The monoisotopic (exact) mass is 292 g/mol. The highest BCUT2D eigenvalue weighted by atomic mass is 16.3. The van der Waals surface area contributed by atoms with E-state index in [9.17, 15) is 9.59 Å². The number of nitrogens with one attached hydrogen (secondary N) is 2. The zero-order chi connectivity index (χ0) is 15.8. The highest BCUT2D eigenvalue weighted by molar-refractivity contribution is 5.93. The lowest BCUT2D eigenvalue weighted by molar-refractivity contribution is -0.117. The molecule has 1 aromatic rings. The lowest BCUT2D eigenvalue weighted by atomic mass is 10.1. The maximum Gasteiger partial charge on any atom is 0.224 e. The predicted molar refractivity (Wildman–Crippen MR) is 84.1 cm³/mol. The van der Waals surface area contributed by atoms with Crippen LogP contribution in [0.3, 0.4) is 0 Å². The third kappa shape index (κ3) is 7.46. The Kier molecular flexibility index (Phi) is 6.88. The van der Waals surface area contributed by atoms with Crippen molar-refractivity contribution < 1.29 is 14.7 Å². The molecule has 5 nitrogen and oxygen atoms in total. The van der Waals surface area contributed by atoms with E-state index in [2.05, 4.69) is 10.6 Å². The van der Waals surface area contributed by atoms with E-state index in [-0.39, 0.29) is 18.2 Å². The summed E-state index contributed by atoms with van der Waals surface area (Å²) >= 11 is 0. The second-order valence-corrected chi connectivity index (χ2v) is 5.66. The summed E-state index contributed by atoms with van der Waals surface area (Å²) in [6.07, 6.45) is 0.728. The second kappa shape index (κ2) is 8.42. The Labute approximate surface area is 125 Å². The molecule has 2 amide bonds. The molecule has 0 aromatic heterocycles. The molecule has 0 bridgehead atoms. The first-order chi connectivity index (χ1) is 9.86. The molecule has 116 valence electrons. The maximum atomic E-state index is 11.6. The Morgan fingerprint density at radius 3 is 1.90 bits per heavy atom. The first-order valence-electron chi connectivity index (χ1n) is 7.24. The molecule has 0 aliphatic heterocycles. The quantitative estimate of drug-likeness (QED) is 0.723. The van der Waals surface area contributed by atoms with Crippen molar-refractivity contribution >= 4 is 23.2 Å². The number of benzene rings is 1. The fourth-order valence-corrected chi connectivity index (χ4v) is 1.78. The van der Waals surface area contributed by atoms with Crippen LogP contribution in [-0.2, 0) is 9.59 Å². The number of amides is 2. The fraction of sp³-hybridized carbons (Fsp3) is 0.500. The van der Waals surface area contributed by atoms with Crippen LogP contribution >= 0.6 is 0 Å². The molecule has 0 heterocycles. The Bertz CT molecular complexity index is 467. The van der Waals surface area contributed by atoms with Gasteiger partial charge in [-0.2, -0.15) is 0 Å². The molecule has 3 N–H and O–H groups in total. The zero-order valence-corrected chi connectivity index (χ0v) is 12.8. The van der Waals surface area contributed by atoms with Crippen LogP contribution in [0.15, 0.2) is 24.3 Å². The number of anilines is 2. The van der Waals surface area contributed by atoms with Crippen LogP contribution in [0.1, 0.15) is 40.0 Å². The molecule has 1 aromatic carbocycles. The number of carbonyl (C=O) groups is 2. The molecule has 5 heteroatoms. The van der Waals surface area contributed by atoms with Crippen LogP contribution in [0.4, 0.5) is 11.4 Å². The lowest BCUT2D eigenvalue weighted by Gasteiger charge is -2.09. The molecule has 21 heavy (non-hydrogen) atoms. The van der Waals surface area contributed by atoms with Crippen molar-refractivity contribution in [1.82, 2.24) is 0 Å². The van der Waals surface area contributed by atoms with E-state index in [1.807, 2.05) is 13.8 Å². The fourth-order valence-electron chi connectivity index (χ4n) is 1.78. The van der Waals surface area contributed by atoms with Gasteiger partial charge in [-0.25, -0.2) is 0 Å². The smallest absolute Gasteiger partial charge is 0.224 e. The molecule has 0 spiro atoms. The van der Waals surface area contributed by atoms with Gasteiger partial charge >= 0.3 is 0 Å². The van der Waals surface area contributed by atoms with E-state index in [1.165, 1.54) is 0 Å². The standard InChI is InChI=1S/C16H24N2O3/c1-11(2)10-16(21)18-14-7-5-13(6-8-14)17-15(20)9-4-12(3)19/h5-8,11-12,19H,4,9-10H2,1-3H3,(H,17,20)(H,18,21). The summed E-state index contributed by atoms with van der Waals surface area (Å²) in [4.78, 5) is 23.2. The van der Waals surface area contributed by atoms with Crippen molar-refractivity contribution in [2.45, 2.75) is 46.1 Å². The number of hydrogen-bond acceptors (Lipinski definition) is 3. The molecular formula is C16H24N2O3. The molecule has 0 saturated carbocycles. The summed E-state index contributed by atoms with van der Waals surface area (Å²) in [6.45, 7) is 5.64. The molecule has 0 fully saturated rings. The van der Waals surface area contributed by atoms with Gasteiger partial charge in [0.1, 0.15) is 0 Å². The number of carbonyl (C=O) groups excluding carboxylic acids is 2. The zero-order valence-electron chi connectivity index (χ0n) is 12.8. The summed E-state index contributed by atoms with van der Waals surface area (Å²) in [5.41, 5.74) is 1.38. The minimum absolute atomic E-state index is 0.0151. The number of aliphatic hydroxyl groups is 1. The summed E-state index contributed by atoms with van der Waals surface area (Å²) in [5.74, 6) is 0.170. The molecule has 1 rings (SSSR count). The van der Waals surface area contributed by atoms with Gasteiger partial charge in [0.2, 0.25) is 11.8 Å². The van der Waals surface area contributed by atoms with E-state index in [1.54, 1.807) is 31.2 Å². The number of aliphatic hydroxyl groups excluding tert-OH is 1. The first-order valence-corrected chi connectivity index (χ1v) is 7.24. The first kappa shape index (κ1) is 17.2. The molecule has 0 radical (unpaired) electrons. The van der Waals surface area contributed by atoms with Gasteiger partial charge in [-0.05, 0) is 43.5 Å². The van der Waals surface area contributed by atoms with Crippen LogP contribution in [0.5, 0.6) is 0 Å². The van der Waals surface area contributed by atoms with Gasteiger partial charge in [0.15, 0.2) is 0 Å². The van der Waals surface area contributed by atoms with Gasteiger partial charge in [0.05, 0.1) is 6.10 Å². The number of rotatable bonds is 7. The van der Waals surface area contributed by atoms with Crippen molar-refractivity contribution in [3.8, 4) is 0 Å². The molecule has 0 aliphatic rings. The van der Waals surface area contributed by atoms with Gasteiger partial charge in [0, 0.05) is 24.2 Å². The summed E-state index contributed by atoms with van der Waals surface area (Å²) in [5, 5.41) is 14.7. The minimum atomic E-state index is -0.478. The van der Waals surface area contributed by atoms with Crippen molar-refractivity contribution in [3.05, 3.63) is 24.3 Å². The van der Waals surface area contributed by atoms with E-state index in [0.29, 0.717) is 30.1 Å². The lowest BCUT2D eigenvalue weighted by Crippen LogP contribution is -2.15. The predicted octanol–water partition coefficient (Wildman–Crippen LogP) is 2.77. The Balaban J connectivity index is 2.46. The van der Waals surface area contributed by atoms with Crippen molar-refractivity contribution in [2.24, 2.45) is 5.92 Å². The molecule has 0 aliphatic carbocycles.